The van der Waals surface area contributed by atoms with E-state index in [4.69, 9.17) is 15.2 Å². The number of hydrogen-bond donors (Lipinski definition) is 1. The van der Waals surface area contributed by atoms with Crippen LogP contribution in [0.5, 0.6) is 5.75 Å². The number of ether oxygens (including phenoxy) is 2. The Labute approximate surface area is 102 Å². The summed E-state index contributed by atoms with van der Waals surface area (Å²) in [4.78, 5) is 0. The minimum absolute atomic E-state index is 0.190. The van der Waals surface area contributed by atoms with E-state index in [-0.39, 0.29) is 11.6 Å². The van der Waals surface area contributed by atoms with E-state index in [1.807, 2.05) is 12.1 Å². The molecule has 2 heterocycles. The number of fused-ring (bicyclic) bond motifs is 1. The summed E-state index contributed by atoms with van der Waals surface area (Å²) in [5.74, 6) is 1.03. The molecule has 1 fully saturated rings. The summed E-state index contributed by atoms with van der Waals surface area (Å²) in [6, 6.07) is 8.25. The first-order valence-corrected chi connectivity index (χ1v) is 6.36. The van der Waals surface area contributed by atoms with E-state index in [9.17, 15) is 0 Å². The quantitative estimate of drug-likeness (QED) is 0.848. The molecule has 17 heavy (non-hydrogen) atoms. The lowest BCUT2D eigenvalue weighted by atomic mass is 9.86. The molecule has 2 aliphatic rings. The van der Waals surface area contributed by atoms with E-state index in [1.165, 1.54) is 5.56 Å². The molecule has 0 aliphatic carbocycles. The van der Waals surface area contributed by atoms with Gasteiger partial charge in [-0.25, -0.2) is 0 Å². The van der Waals surface area contributed by atoms with E-state index >= 15 is 0 Å². The van der Waals surface area contributed by atoms with Gasteiger partial charge in [0.25, 0.3) is 0 Å². The van der Waals surface area contributed by atoms with Crippen LogP contribution in [0.15, 0.2) is 24.3 Å². The minimum atomic E-state index is -0.190. The summed E-state index contributed by atoms with van der Waals surface area (Å²) >= 11 is 0. The molecule has 1 saturated heterocycles. The first kappa shape index (κ1) is 11.1. The molecule has 0 radical (unpaired) electrons. The average Bonchev–Trinajstić information content (AvgIpc) is 2.71. The maximum absolute atomic E-state index is 6.37. The second kappa shape index (κ2) is 4.31. The largest absolute Gasteiger partial charge is 0.490 e. The molecule has 3 nitrogen and oxygen atoms in total. The van der Waals surface area contributed by atoms with E-state index in [1.54, 1.807) is 0 Å². The van der Waals surface area contributed by atoms with Crippen molar-refractivity contribution in [2.75, 3.05) is 13.2 Å². The van der Waals surface area contributed by atoms with Gasteiger partial charge in [0.15, 0.2) is 0 Å². The molecule has 0 saturated carbocycles. The zero-order valence-electron chi connectivity index (χ0n) is 10.0. The van der Waals surface area contributed by atoms with Gasteiger partial charge in [-0.15, -0.1) is 0 Å². The Bertz CT molecular complexity index is 374. The van der Waals surface area contributed by atoms with Crippen LogP contribution in [0.3, 0.4) is 0 Å². The third-order valence-corrected chi connectivity index (χ3v) is 3.70. The first-order valence-electron chi connectivity index (χ1n) is 6.36. The molecule has 0 amide bonds. The van der Waals surface area contributed by atoms with Crippen LogP contribution in [0.25, 0.3) is 0 Å². The van der Waals surface area contributed by atoms with Crippen LogP contribution in [0.2, 0.25) is 0 Å². The van der Waals surface area contributed by atoms with Crippen molar-refractivity contribution in [2.24, 2.45) is 5.73 Å². The second-order valence-electron chi connectivity index (χ2n) is 5.27. The average molecular weight is 233 g/mol. The molecule has 2 unspecified atom stereocenters. The predicted octanol–water partition coefficient (Wildman–Crippen LogP) is 1.89. The Hall–Kier alpha value is -1.06. The van der Waals surface area contributed by atoms with Gasteiger partial charge in [-0.3, -0.25) is 0 Å². The van der Waals surface area contributed by atoms with Gasteiger partial charge in [0.2, 0.25) is 0 Å². The van der Waals surface area contributed by atoms with Crippen molar-refractivity contribution >= 4 is 0 Å². The normalized spacial score (nSPS) is 31.9. The van der Waals surface area contributed by atoms with Gasteiger partial charge in [-0.1, -0.05) is 18.2 Å². The third-order valence-electron chi connectivity index (χ3n) is 3.70. The van der Waals surface area contributed by atoms with Crippen LogP contribution >= 0.6 is 0 Å². The lowest BCUT2D eigenvalue weighted by Crippen LogP contribution is -2.50. The number of benzene rings is 1. The van der Waals surface area contributed by atoms with Crippen molar-refractivity contribution in [1.29, 1.82) is 0 Å². The third kappa shape index (κ3) is 2.31. The molecule has 3 heteroatoms. The zero-order chi connectivity index (χ0) is 11.7. The number of nitrogens with two attached hydrogens (primary N) is 1. The van der Waals surface area contributed by atoms with Crippen molar-refractivity contribution in [2.45, 2.75) is 37.3 Å². The molecular formula is C14H19NO2. The number of rotatable bonds is 2. The Morgan fingerprint density at radius 3 is 3.00 bits per heavy atom. The minimum Gasteiger partial charge on any atom is -0.490 e. The van der Waals surface area contributed by atoms with Crippen molar-refractivity contribution in [1.82, 2.24) is 0 Å². The topological polar surface area (TPSA) is 44.5 Å². The van der Waals surface area contributed by atoms with E-state index in [0.717, 1.165) is 38.0 Å². The van der Waals surface area contributed by atoms with Crippen LogP contribution in [-0.2, 0) is 11.2 Å². The lowest BCUT2D eigenvalue weighted by molar-refractivity contribution is 0.0193. The highest BCUT2D eigenvalue weighted by Gasteiger charge is 2.34. The summed E-state index contributed by atoms with van der Waals surface area (Å²) in [5, 5.41) is 0. The molecular weight excluding hydrogens is 214 g/mol. The molecule has 0 bridgehead atoms. The Kier molecular flexibility index (Phi) is 2.81. The molecule has 3 rings (SSSR count). The van der Waals surface area contributed by atoms with Gasteiger partial charge in [0, 0.05) is 25.0 Å². The molecule has 2 N–H and O–H groups in total. The van der Waals surface area contributed by atoms with Crippen molar-refractivity contribution in [3.8, 4) is 5.75 Å². The highest BCUT2D eigenvalue weighted by molar-refractivity contribution is 5.37. The van der Waals surface area contributed by atoms with Gasteiger partial charge in [-0.2, -0.15) is 0 Å². The van der Waals surface area contributed by atoms with Crippen LogP contribution in [0.1, 0.15) is 24.8 Å². The second-order valence-corrected chi connectivity index (χ2v) is 5.27. The van der Waals surface area contributed by atoms with Crippen LogP contribution in [0.4, 0.5) is 0 Å². The van der Waals surface area contributed by atoms with Crippen LogP contribution < -0.4 is 10.5 Å². The monoisotopic (exact) mass is 233 g/mol. The fourth-order valence-corrected chi connectivity index (χ4v) is 2.86. The van der Waals surface area contributed by atoms with Crippen LogP contribution in [-0.4, -0.2) is 24.9 Å². The summed E-state index contributed by atoms with van der Waals surface area (Å²) in [7, 11) is 0. The lowest BCUT2D eigenvalue weighted by Gasteiger charge is -2.34. The Morgan fingerprint density at radius 2 is 2.24 bits per heavy atom. The molecule has 1 aromatic carbocycles. The first-order chi connectivity index (χ1) is 8.25. The van der Waals surface area contributed by atoms with E-state index in [0.29, 0.717) is 6.61 Å². The van der Waals surface area contributed by atoms with Gasteiger partial charge >= 0.3 is 0 Å². The smallest absolute Gasteiger partial charge is 0.123 e. The van der Waals surface area contributed by atoms with Crippen molar-refractivity contribution in [3.05, 3.63) is 29.8 Å². The Balaban J connectivity index is 1.65. The molecule has 2 aliphatic heterocycles. The van der Waals surface area contributed by atoms with Gasteiger partial charge < -0.3 is 15.2 Å². The van der Waals surface area contributed by atoms with Gasteiger partial charge in [0.1, 0.15) is 11.9 Å². The molecule has 0 spiro atoms. The Morgan fingerprint density at radius 1 is 1.35 bits per heavy atom. The van der Waals surface area contributed by atoms with E-state index in [2.05, 4.69) is 12.1 Å². The molecule has 1 aromatic rings. The highest BCUT2D eigenvalue weighted by atomic mass is 16.5. The fraction of sp³-hybridized carbons (Fsp3) is 0.571. The number of para-hydroxylation sites is 1. The number of hydrogen-bond acceptors (Lipinski definition) is 3. The van der Waals surface area contributed by atoms with E-state index < -0.39 is 0 Å². The van der Waals surface area contributed by atoms with Gasteiger partial charge in [0.05, 0.1) is 6.61 Å². The molecule has 2 atom stereocenters. The molecule has 0 aromatic heterocycles. The summed E-state index contributed by atoms with van der Waals surface area (Å²) in [6.45, 7) is 1.52. The standard InChI is InChI=1S/C14H19NO2/c15-14(6-3-7-16-10-14)9-12-8-11-4-1-2-5-13(11)17-12/h1-2,4-5,12H,3,6-10,15H2. The van der Waals surface area contributed by atoms with Gasteiger partial charge in [-0.05, 0) is 24.5 Å². The maximum Gasteiger partial charge on any atom is 0.123 e. The highest BCUT2D eigenvalue weighted by Crippen LogP contribution is 2.33. The fourth-order valence-electron chi connectivity index (χ4n) is 2.86. The van der Waals surface area contributed by atoms with Crippen molar-refractivity contribution < 1.29 is 9.47 Å². The maximum atomic E-state index is 6.37. The summed E-state index contributed by atoms with van der Waals surface area (Å²) in [6.07, 6.45) is 4.20. The summed E-state index contributed by atoms with van der Waals surface area (Å²) in [5.41, 5.74) is 7.48. The zero-order valence-corrected chi connectivity index (χ0v) is 10.0. The SMILES string of the molecule is NC1(CC2Cc3ccccc3O2)CCCOC1. The summed E-state index contributed by atoms with van der Waals surface area (Å²) < 4.78 is 11.4. The molecule has 92 valence electrons. The van der Waals surface area contributed by atoms with Crippen LogP contribution in [0, 0.1) is 0 Å². The predicted molar refractivity (Wildman–Crippen MR) is 66.2 cm³/mol. The van der Waals surface area contributed by atoms with Crippen molar-refractivity contribution in [3.63, 3.8) is 0 Å².